The molecule has 0 spiro atoms. The number of hydrogen-bond donors (Lipinski definition) is 1. The van der Waals surface area contributed by atoms with Crippen LogP contribution in [0.15, 0.2) is 33.4 Å². The van der Waals surface area contributed by atoms with E-state index in [1.54, 1.807) is 23.3 Å². The molecule has 0 radical (unpaired) electrons. The average Bonchev–Trinajstić information content (AvgIpc) is 3.16. The van der Waals surface area contributed by atoms with Crippen LogP contribution in [0.25, 0.3) is 11.7 Å². The molecule has 3 aromatic heterocycles. The topological polar surface area (TPSA) is 101 Å². The van der Waals surface area contributed by atoms with Crippen LogP contribution in [0.2, 0.25) is 0 Å². The Kier molecular flexibility index (Phi) is 3.22. The Bertz CT molecular complexity index is 893. The molecule has 0 aromatic carbocycles. The van der Waals surface area contributed by atoms with Gasteiger partial charge in [0.15, 0.2) is 11.6 Å². The van der Waals surface area contributed by atoms with Gasteiger partial charge in [-0.3, -0.25) is 9.89 Å². The maximum atomic E-state index is 12.6. The van der Waals surface area contributed by atoms with Crippen molar-refractivity contribution in [2.45, 2.75) is 31.1 Å². The normalized spacial score (nSPS) is 20.3. The zero-order valence-corrected chi connectivity index (χ0v) is 13.5. The molecule has 1 N–H and O–H groups in total. The molecule has 3 aromatic rings. The molecule has 1 saturated heterocycles. The van der Waals surface area contributed by atoms with Crippen molar-refractivity contribution in [3.63, 3.8) is 0 Å². The number of H-pyrrole nitrogens is 1. The second-order valence-electron chi connectivity index (χ2n) is 6.65. The molecule has 1 aliphatic carbocycles. The lowest BCUT2D eigenvalue weighted by molar-refractivity contribution is 0.0784. The lowest BCUT2D eigenvalue weighted by atomic mass is 10.1. The largest absolute Gasteiger partial charge is 0.459 e. The highest BCUT2D eigenvalue weighted by molar-refractivity contribution is 5.92. The Balaban J connectivity index is 1.28. The summed E-state index contributed by atoms with van der Waals surface area (Å²) in [7, 11) is 0. The molecule has 1 aliphatic heterocycles. The maximum Gasteiger partial charge on any atom is 0.293 e. The van der Waals surface area contributed by atoms with Crippen molar-refractivity contribution in [2.24, 2.45) is 0 Å². The number of aromatic nitrogens is 4. The van der Waals surface area contributed by atoms with Crippen molar-refractivity contribution in [2.75, 3.05) is 13.1 Å². The van der Waals surface area contributed by atoms with Crippen LogP contribution in [0.3, 0.4) is 0 Å². The maximum absolute atomic E-state index is 12.6. The number of carbonyl (C=O) groups is 1. The summed E-state index contributed by atoms with van der Waals surface area (Å²) in [5.74, 6) is 2.11. The van der Waals surface area contributed by atoms with Crippen molar-refractivity contribution in [3.05, 3.63) is 41.7 Å². The van der Waals surface area contributed by atoms with Crippen LogP contribution in [0.4, 0.5) is 0 Å². The summed E-state index contributed by atoms with van der Waals surface area (Å²) < 4.78 is 10.5. The number of hydrogen-bond acceptors (Lipinski definition) is 6. The van der Waals surface area contributed by atoms with Crippen LogP contribution in [0.1, 0.15) is 53.1 Å². The number of aromatic amines is 1. The number of amides is 1. The van der Waals surface area contributed by atoms with E-state index < -0.39 is 0 Å². The molecule has 5 rings (SSSR count). The molecular weight excluding hydrogens is 322 g/mol. The molecule has 4 heterocycles. The molecule has 1 amide bonds. The molecule has 0 unspecified atom stereocenters. The van der Waals surface area contributed by atoms with E-state index >= 15 is 0 Å². The van der Waals surface area contributed by atoms with E-state index in [1.807, 2.05) is 6.07 Å². The van der Waals surface area contributed by atoms with Gasteiger partial charge in [0.2, 0.25) is 0 Å². The van der Waals surface area contributed by atoms with Gasteiger partial charge >= 0.3 is 0 Å². The third kappa shape index (κ3) is 2.63. The minimum absolute atomic E-state index is 0.0413. The van der Waals surface area contributed by atoms with Gasteiger partial charge in [-0.05, 0) is 37.5 Å². The predicted molar refractivity (Wildman–Crippen MR) is 85.8 cm³/mol. The second kappa shape index (κ2) is 5.58. The number of rotatable bonds is 4. The van der Waals surface area contributed by atoms with Crippen LogP contribution >= 0.6 is 0 Å². The summed E-state index contributed by atoms with van der Waals surface area (Å²) >= 11 is 0. The highest BCUT2D eigenvalue weighted by Gasteiger charge is 2.33. The van der Waals surface area contributed by atoms with Crippen LogP contribution in [0.5, 0.6) is 0 Å². The summed E-state index contributed by atoms with van der Waals surface area (Å²) in [6, 6.07) is 5.43. The Morgan fingerprint density at radius 2 is 2.20 bits per heavy atom. The molecule has 25 heavy (non-hydrogen) atoms. The quantitative estimate of drug-likeness (QED) is 0.784. The lowest BCUT2D eigenvalue weighted by Crippen LogP contribution is -2.28. The molecule has 128 valence electrons. The Hall–Kier alpha value is -2.90. The first kappa shape index (κ1) is 14.4. The monoisotopic (exact) mass is 339 g/mol. The highest BCUT2D eigenvalue weighted by atomic mass is 16.5. The summed E-state index contributed by atoms with van der Waals surface area (Å²) in [5, 5.41) is 11.2. The highest BCUT2D eigenvalue weighted by Crippen LogP contribution is 2.39. The van der Waals surface area contributed by atoms with Gasteiger partial charge in [-0.15, -0.1) is 0 Å². The number of furan rings is 1. The molecular formula is C17H17N5O3. The molecule has 8 heteroatoms. The fourth-order valence-electron chi connectivity index (χ4n) is 3.27. The number of carbonyl (C=O) groups excluding carboxylic acids is 1. The van der Waals surface area contributed by atoms with E-state index in [0.717, 1.165) is 12.1 Å². The predicted octanol–water partition coefficient (Wildman–Crippen LogP) is 2.56. The van der Waals surface area contributed by atoms with Crippen LogP contribution < -0.4 is 0 Å². The number of nitrogens with zero attached hydrogens (tertiary/aromatic N) is 4. The van der Waals surface area contributed by atoms with Crippen molar-refractivity contribution in [3.8, 4) is 11.7 Å². The van der Waals surface area contributed by atoms with E-state index in [9.17, 15) is 4.79 Å². The van der Waals surface area contributed by atoms with Crippen LogP contribution in [-0.2, 0) is 0 Å². The zero-order valence-electron chi connectivity index (χ0n) is 13.5. The van der Waals surface area contributed by atoms with Gasteiger partial charge in [0.25, 0.3) is 11.8 Å². The van der Waals surface area contributed by atoms with Crippen molar-refractivity contribution >= 4 is 5.91 Å². The fraction of sp³-hybridized carbons (Fsp3) is 0.412. The fourth-order valence-corrected chi connectivity index (χ4v) is 3.27. The summed E-state index contributed by atoms with van der Waals surface area (Å²) in [4.78, 5) is 18.8. The standard InChI is InChI=1S/C17H17N5O3/c23-17(13-8-12(19-20-13)10-3-4-10)22-6-5-11(9-22)15-18-16(25-21-15)14-2-1-7-24-14/h1-2,7-8,10-11H,3-6,9H2,(H,19,20)/t11-/m0/s1. The minimum atomic E-state index is -0.0413. The van der Waals surface area contributed by atoms with Gasteiger partial charge < -0.3 is 13.8 Å². The third-order valence-corrected chi connectivity index (χ3v) is 4.85. The Morgan fingerprint density at radius 1 is 1.28 bits per heavy atom. The van der Waals surface area contributed by atoms with Gasteiger partial charge in [-0.25, -0.2) is 0 Å². The van der Waals surface area contributed by atoms with Gasteiger partial charge in [0.1, 0.15) is 5.69 Å². The van der Waals surface area contributed by atoms with Crippen molar-refractivity contribution in [1.82, 2.24) is 25.2 Å². The lowest BCUT2D eigenvalue weighted by Gasteiger charge is -2.13. The zero-order chi connectivity index (χ0) is 16.8. The molecule has 2 fully saturated rings. The van der Waals surface area contributed by atoms with E-state index in [-0.39, 0.29) is 11.8 Å². The van der Waals surface area contributed by atoms with Crippen molar-refractivity contribution in [1.29, 1.82) is 0 Å². The van der Waals surface area contributed by atoms with E-state index in [2.05, 4.69) is 20.3 Å². The van der Waals surface area contributed by atoms with E-state index in [1.165, 1.54) is 12.8 Å². The smallest absolute Gasteiger partial charge is 0.293 e. The first-order chi connectivity index (χ1) is 12.3. The van der Waals surface area contributed by atoms with Gasteiger partial charge in [-0.1, -0.05) is 5.16 Å². The summed E-state index contributed by atoms with van der Waals surface area (Å²) in [6.45, 7) is 1.24. The SMILES string of the molecule is O=C(c1cc(C2CC2)[nH]n1)N1CC[C@H](c2noc(-c3ccco3)n2)C1. The molecule has 0 bridgehead atoms. The Morgan fingerprint density at radius 3 is 3.00 bits per heavy atom. The minimum Gasteiger partial charge on any atom is -0.459 e. The first-order valence-corrected chi connectivity index (χ1v) is 8.50. The molecule has 2 aliphatic rings. The van der Waals surface area contributed by atoms with Gasteiger partial charge in [-0.2, -0.15) is 10.1 Å². The van der Waals surface area contributed by atoms with E-state index in [4.69, 9.17) is 8.94 Å². The van der Waals surface area contributed by atoms with Gasteiger partial charge in [0, 0.05) is 30.6 Å². The van der Waals surface area contributed by atoms with Crippen LogP contribution in [0, 0.1) is 0 Å². The molecule has 1 atom stereocenters. The summed E-state index contributed by atoms with van der Waals surface area (Å²) in [5.41, 5.74) is 1.56. The second-order valence-corrected chi connectivity index (χ2v) is 6.65. The summed E-state index contributed by atoms with van der Waals surface area (Å²) in [6.07, 6.45) is 4.73. The van der Waals surface area contributed by atoms with Gasteiger partial charge in [0.05, 0.1) is 6.26 Å². The van der Waals surface area contributed by atoms with Crippen molar-refractivity contribution < 1.29 is 13.7 Å². The number of nitrogens with one attached hydrogen (secondary N) is 1. The van der Waals surface area contributed by atoms with Crippen LogP contribution in [-0.4, -0.2) is 44.2 Å². The molecule has 8 nitrogen and oxygen atoms in total. The average molecular weight is 339 g/mol. The Labute approximate surface area is 143 Å². The first-order valence-electron chi connectivity index (χ1n) is 8.50. The number of likely N-dealkylation sites (tertiary alicyclic amines) is 1. The molecule has 1 saturated carbocycles. The third-order valence-electron chi connectivity index (χ3n) is 4.85. The van der Waals surface area contributed by atoms with E-state index in [0.29, 0.717) is 42.2 Å².